The second-order valence-corrected chi connectivity index (χ2v) is 7.67. The molecule has 4 aromatic rings. The summed E-state index contributed by atoms with van der Waals surface area (Å²) in [7, 11) is 0. The first-order valence-electron chi connectivity index (χ1n) is 9.50. The smallest absolute Gasteiger partial charge is 0.343 e. The van der Waals surface area contributed by atoms with Crippen molar-refractivity contribution in [2.24, 2.45) is 0 Å². The number of hydrogen-bond donors (Lipinski definition) is 0. The molecule has 0 aromatic carbocycles. The van der Waals surface area contributed by atoms with Crippen molar-refractivity contribution in [2.75, 3.05) is 0 Å². The van der Waals surface area contributed by atoms with Crippen LogP contribution in [0.2, 0.25) is 0 Å². The number of pyridine rings is 3. The quantitative estimate of drug-likeness (QED) is 0.169. The zero-order valence-electron chi connectivity index (χ0n) is 17.7. The molecule has 0 fully saturated rings. The molecule has 0 bridgehead atoms. The van der Waals surface area contributed by atoms with Crippen LogP contribution in [0.3, 0.4) is 0 Å². The number of aromatic nitrogens is 5. The molecule has 0 atom stereocenters. The summed E-state index contributed by atoms with van der Waals surface area (Å²) in [5, 5.41) is 3.32. The molecule has 4 heterocycles. The van der Waals surface area contributed by atoms with E-state index in [9.17, 15) is 30.7 Å². The number of halogens is 7. The fourth-order valence-corrected chi connectivity index (χ4v) is 3.09. The molecule has 0 aliphatic rings. The Morgan fingerprint density at radius 3 is 2.03 bits per heavy atom. The van der Waals surface area contributed by atoms with Crippen LogP contribution in [0, 0.1) is 35.8 Å². The molecule has 0 aliphatic carbocycles. The van der Waals surface area contributed by atoms with Crippen molar-refractivity contribution in [2.45, 2.75) is 25.4 Å². The summed E-state index contributed by atoms with van der Waals surface area (Å²) in [6.07, 6.45) is -2.51. The summed E-state index contributed by atoms with van der Waals surface area (Å²) in [5.41, 5.74) is -3.27. The van der Waals surface area contributed by atoms with Gasteiger partial charge in [-0.1, -0.05) is 17.8 Å². The van der Waals surface area contributed by atoms with E-state index < -0.39 is 46.4 Å². The average Bonchev–Trinajstić information content (AvgIpc) is 3.24. The Bertz CT molecular complexity index is 1390. The molecule has 0 N–H and O–H groups in total. The van der Waals surface area contributed by atoms with Gasteiger partial charge in [0.25, 0.3) is 0 Å². The molecular weight excluding hydrogens is 662 g/mol. The predicted octanol–water partition coefficient (Wildman–Crippen LogP) is 5.22. The van der Waals surface area contributed by atoms with Crippen molar-refractivity contribution < 1.29 is 51.8 Å². The van der Waals surface area contributed by atoms with Gasteiger partial charge in [0.1, 0.15) is 23.5 Å². The van der Waals surface area contributed by atoms with Gasteiger partial charge in [-0.3, -0.25) is 20.1 Å². The maximum absolute atomic E-state index is 14.4. The van der Waals surface area contributed by atoms with Crippen molar-refractivity contribution in [3.8, 4) is 17.1 Å². The molecule has 0 saturated carbocycles. The molecule has 5 nitrogen and oxygen atoms in total. The summed E-state index contributed by atoms with van der Waals surface area (Å²) in [4.78, 5) is 11.4. The van der Waals surface area contributed by atoms with Crippen molar-refractivity contribution in [1.29, 1.82) is 0 Å². The minimum atomic E-state index is -4.74. The van der Waals surface area contributed by atoms with Gasteiger partial charge in [0.05, 0.1) is 11.5 Å². The van der Waals surface area contributed by atoms with Gasteiger partial charge in [-0.15, -0.1) is 12.1 Å². The van der Waals surface area contributed by atoms with Crippen LogP contribution >= 0.6 is 0 Å². The molecule has 0 radical (unpaired) electrons. The third kappa shape index (κ3) is 5.42. The first kappa shape index (κ1) is 26.5. The molecule has 35 heavy (non-hydrogen) atoms. The topological polar surface area (TPSA) is 56.5 Å². The minimum Gasteiger partial charge on any atom is -0.343 e. The molecule has 13 heteroatoms. The van der Waals surface area contributed by atoms with Crippen molar-refractivity contribution in [3.63, 3.8) is 0 Å². The van der Waals surface area contributed by atoms with Crippen molar-refractivity contribution >= 4 is 0 Å². The van der Waals surface area contributed by atoms with Gasteiger partial charge < -0.3 is 4.68 Å². The average molecular weight is 674 g/mol. The molecular formula is C22H12F7N5Pt. The zero-order chi connectivity index (χ0) is 24.8. The van der Waals surface area contributed by atoms with Crippen LogP contribution in [0.4, 0.5) is 30.7 Å². The molecule has 0 amide bonds. The van der Waals surface area contributed by atoms with Crippen LogP contribution in [-0.4, -0.2) is 24.7 Å². The normalized spacial score (nSPS) is 11.9. The number of nitrogens with zero attached hydrogens (tertiary/aromatic N) is 5. The maximum Gasteiger partial charge on any atom is 2.00 e. The fourth-order valence-electron chi connectivity index (χ4n) is 3.09. The fraction of sp³-hybridized carbons (Fsp3) is 0.182. The first-order valence-corrected chi connectivity index (χ1v) is 9.50. The van der Waals surface area contributed by atoms with E-state index in [2.05, 4.69) is 32.3 Å². The van der Waals surface area contributed by atoms with Gasteiger partial charge >= 0.3 is 27.2 Å². The molecule has 0 unspecified atom stereocenters. The summed E-state index contributed by atoms with van der Waals surface area (Å²) in [6, 6.07) is 7.37. The van der Waals surface area contributed by atoms with E-state index >= 15 is 0 Å². The molecule has 0 aliphatic heterocycles. The van der Waals surface area contributed by atoms with Crippen LogP contribution in [0.5, 0.6) is 0 Å². The number of alkyl halides is 3. The summed E-state index contributed by atoms with van der Waals surface area (Å²) < 4.78 is 95.3. The van der Waals surface area contributed by atoms with Crippen LogP contribution < -0.4 is 0 Å². The van der Waals surface area contributed by atoms with Crippen LogP contribution in [0.1, 0.15) is 30.9 Å². The Labute approximate surface area is 208 Å². The SMILES string of the molecule is CC(C)(c1cc(F)cc(-c2[c-]cc(F)nc2F)n1)c1cc(F)cc(-n2[c-]cc(C(F)(F)F)n2)n1.[Pt+2]. The van der Waals surface area contributed by atoms with E-state index in [-0.39, 0.29) is 44.0 Å². The second-order valence-electron chi connectivity index (χ2n) is 7.67. The Kier molecular flexibility index (Phi) is 7.17. The summed E-state index contributed by atoms with van der Waals surface area (Å²) in [5.74, 6) is -4.39. The molecule has 4 rings (SSSR count). The Hall–Kier alpha value is -3.14. The van der Waals surface area contributed by atoms with Crippen LogP contribution in [0.25, 0.3) is 17.1 Å². The predicted molar refractivity (Wildman–Crippen MR) is 103 cm³/mol. The van der Waals surface area contributed by atoms with Gasteiger partial charge in [-0.05, 0) is 43.8 Å². The molecule has 0 spiro atoms. The van der Waals surface area contributed by atoms with E-state index in [1.165, 1.54) is 13.8 Å². The molecule has 4 aromatic heterocycles. The summed E-state index contributed by atoms with van der Waals surface area (Å²) >= 11 is 0. The van der Waals surface area contributed by atoms with E-state index in [1.807, 2.05) is 0 Å². The third-order valence-electron chi connectivity index (χ3n) is 4.89. The minimum absolute atomic E-state index is 0. The number of hydrogen-bond acceptors (Lipinski definition) is 4. The van der Waals surface area contributed by atoms with E-state index in [0.717, 1.165) is 30.3 Å². The monoisotopic (exact) mass is 674 g/mol. The van der Waals surface area contributed by atoms with Crippen molar-refractivity contribution in [3.05, 3.63) is 89.3 Å². The van der Waals surface area contributed by atoms with Gasteiger partial charge in [0.15, 0.2) is 0 Å². The second kappa shape index (κ2) is 9.48. The first-order chi connectivity index (χ1) is 15.8. The Morgan fingerprint density at radius 2 is 1.43 bits per heavy atom. The van der Waals surface area contributed by atoms with E-state index in [4.69, 9.17) is 0 Å². The van der Waals surface area contributed by atoms with Gasteiger partial charge in [-0.2, -0.15) is 13.2 Å². The van der Waals surface area contributed by atoms with Gasteiger partial charge in [-0.25, -0.2) is 17.6 Å². The molecule has 0 saturated heterocycles. The van der Waals surface area contributed by atoms with Crippen LogP contribution in [-0.2, 0) is 32.7 Å². The third-order valence-corrected chi connectivity index (χ3v) is 4.89. The Morgan fingerprint density at radius 1 is 0.800 bits per heavy atom. The largest absolute Gasteiger partial charge is 2.00 e. The van der Waals surface area contributed by atoms with Crippen LogP contribution in [0.15, 0.2) is 36.4 Å². The van der Waals surface area contributed by atoms with E-state index in [0.29, 0.717) is 10.7 Å². The van der Waals surface area contributed by atoms with E-state index in [1.54, 1.807) is 0 Å². The van der Waals surface area contributed by atoms with Gasteiger partial charge in [0.2, 0.25) is 0 Å². The Balaban J connectivity index is 0.00000342. The number of rotatable bonds is 4. The summed E-state index contributed by atoms with van der Waals surface area (Å²) in [6.45, 7) is 3.00. The van der Waals surface area contributed by atoms with Gasteiger partial charge in [0, 0.05) is 16.8 Å². The molecule has 184 valence electrons. The standard InChI is InChI=1S/C22H12F7N5.Pt/c1-21(2,16-8-11(23)7-14(30-16)13-3-4-18(25)32-20(13)26)17-9-12(24)10-19(31-17)34-6-5-15(33-34)22(27,28)29;/h4-5,7-10H,1-2H3;/q-2;+2. The van der Waals surface area contributed by atoms with Crippen molar-refractivity contribution in [1.82, 2.24) is 24.7 Å². The maximum atomic E-state index is 14.4. The zero-order valence-corrected chi connectivity index (χ0v) is 19.9.